The third-order valence-electron chi connectivity index (χ3n) is 4.38. The van der Waals surface area contributed by atoms with E-state index >= 15 is 0 Å². The lowest BCUT2D eigenvalue weighted by Crippen LogP contribution is -2.28. The zero-order valence-electron chi connectivity index (χ0n) is 15.1. The molecule has 2 aromatic heterocycles. The van der Waals surface area contributed by atoms with Crippen LogP contribution in [-0.4, -0.2) is 38.8 Å². The van der Waals surface area contributed by atoms with E-state index in [0.717, 1.165) is 41.1 Å². The summed E-state index contributed by atoms with van der Waals surface area (Å²) in [6, 6.07) is 1.97. The van der Waals surface area contributed by atoms with Crippen molar-refractivity contribution in [2.75, 3.05) is 18.4 Å². The Hall–Kier alpha value is -2.28. The Morgan fingerprint density at radius 3 is 2.72 bits per heavy atom. The summed E-state index contributed by atoms with van der Waals surface area (Å²) in [4.78, 5) is 28.7. The highest BCUT2D eigenvalue weighted by Gasteiger charge is 2.28. The van der Waals surface area contributed by atoms with Gasteiger partial charge in [-0.25, -0.2) is 15.0 Å². The predicted molar refractivity (Wildman–Crippen MR) is 100 cm³/mol. The maximum Gasteiger partial charge on any atom is 0.248 e. The highest BCUT2D eigenvalue weighted by molar-refractivity contribution is 7.15. The molecule has 0 spiro atoms. The molecular formula is C18H23N5OS. The van der Waals surface area contributed by atoms with Crippen LogP contribution in [0.5, 0.6) is 0 Å². The minimum atomic E-state index is 0.0281. The van der Waals surface area contributed by atoms with E-state index in [4.69, 9.17) is 0 Å². The number of carbonyl (C=O) groups is 1. The van der Waals surface area contributed by atoms with Gasteiger partial charge in [-0.05, 0) is 34.1 Å². The normalized spacial score (nSPS) is 17.0. The Bertz CT molecular complexity index is 809. The van der Waals surface area contributed by atoms with Crippen LogP contribution in [0.1, 0.15) is 41.4 Å². The average Bonchev–Trinajstić information content (AvgIpc) is 3.13. The van der Waals surface area contributed by atoms with Crippen LogP contribution in [-0.2, 0) is 4.79 Å². The number of anilines is 2. The van der Waals surface area contributed by atoms with Gasteiger partial charge in [0.2, 0.25) is 5.91 Å². The molecule has 1 atom stereocenters. The molecule has 1 amide bonds. The monoisotopic (exact) mass is 357 g/mol. The van der Waals surface area contributed by atoms with Gasteiger partial charge >= 0.3 is 0 Å². The van der Waals surface area contributed by atoms with E-state index in [1.54, 1.807) is 18.3 Å². The molecule has 1 fully saturated rings. The van der Waals surface area contributed by atoms with Gasteiger partial charge in [0.15, 0.2) is 5.13 Å². The van der Waals surface area contributed by atoms with Crippen molar-refractivity contribution < 1.29 is 4.79 Å². The second kappa shape index (κ2) is 6.92. The molecule has 0 aliphatic carbocycles. The van der Waals surface area contributed by atoms with Gasteiger partial charge in [0.05, 0.1) is 11.4 Å². The molecule has 0 radical (unpaired) electrons. The van der Waals surface area contributed by atoms with E-state index in [0.29, 0.717) is 12.1 Å². The van der Waals surface area contributed by atoms with Crippen molar-refractivity contribution in [2.24, 2.45) is 0 Å². The van der Waals surface area contributed by atoms with Crippen LogP contribution in [0.15, 0.2) is 18.2 Å². The zero-order chi connectivity index (χ0) is 18.1. The second-order valence-electron chi connectivity index (χ2n) is 6.53. The molecule has 2 aromatic rings. The number of nitrogens with one attached hydrogen (secondary N) is 1. The number of hydrogen-bond acceptors (Lipinski definition) is 6. The molecular weight excluding hydrogens is 334 g/mol. The fraction of sp³-hybridized carbons (Fsp3) is 0.444. The lowest BCUT2D eigenvalue weighted by Gasteiger charge is -2.16. The Kier molecular flexibility index (Phi) is 4.85. The molecule has 0 bridgehead atoms. The van der Waals surface area contributed by atoms with Crippen molar-refractivity contribution in [1.82, 2.24) is 19.9 Å². The van der Waals surface area contributed by atoms with Crippen LogP contribution >= 0.6 is 11.3 Å². The van der Waals surface area contributed by atoms with Crippen molar-refractivity contribution in [3.63, 3.8) is 0 Å². The maximum absolute atomic E-state index is 12.1. The van der Waals surface area contributed by atoms with Crippen LogP contribution in [0.2, 0.25) is 0 Å². The van der Waals surface area contributed by atoms with Crippen molar-refractivity contribution in [2.45, 2.75) is 40.0 Å². The van der Waals surface area contributed by atoms with Crippen LogP contribution in [0.25, 0.3) is 0 Å². The second-order valence-corrected chi connectivity index (χ2v) is 7.73. The number of aromatic nitrogens is 3. The maximum atomic E-state index is 12.1. The van der Waals surface area contributed by atoms with Crippen molar-refractivity contribution in [3.8, 4) is 0 Å². The van der Waals surface area contributed by atoms with Gasteiger partial charge in [-0.3, -0.25) is 4.79 Å². The largest absolute Gasteiger partial charge is 0.338 e. The van der Waals surface area contributed by atoms with Gasteiger partial charge in [-0.15, -0.1) is 11.3 Å². The van der Waals surface area contributed by atoms with Gasteiger partial charge in [-0.2, -0.15) is 0 Å². The van der Waals surface area contributed by atoms with Crippen LogP contribution < -0.4 is 5.32 Å². The van der Waals surface area contributed by atoms with Crippen LogP contribution in [0.4, 0.5) is 10.9 Å². The van der Waals surface area contributed by atoms with Gasteiger partial charge in [0, 0.05) is 35.5 Å². The molecule has 1 aliphatic heterocycles. The first-order valence-corrected chi connectivity index (χ1v) is 9.16. The number of likely N-dealkylation sites (tertiary alicyclic amines) is 1. The molecule has 6 nitrogen and oxygen atoms in total. The van der Waals surface area contributed by atoms with E-state index in [-0.39, 0.29) is 11.8 Å². The molecule has 1 N–H and O–H groups in total. The summed E-state index contributed by atoms with van der Waals surface area (Å²) in [6.45, 7) is 12.9. The number of nitrogens with zero attached hydrogens (tertiary/aromatic N) is 4. The molecule has 0 saturated carbocycles. The van der Waals surface area contributed by atoms with E-state index in [2.05, 4.69) is 33.8 Å². The number of carbonyl (C=O) groups excluding carboxylic acids is 1. The molecule has 1 saturated heterocycles. The van der Waals surface area contributed by atoms with Crippen LogP contribution in [0.3, 0.4) is 0 Å². The minimum absolute atomic E-state index is 0.0281. The number of rotatable bonds is 4. The third-order valence-corrected chi connectivity index (χ3v) is 5.37. The van der Waals surface area contributed by atoms with Gasteiger partial charge in [0.1, 0.15) is 11.6 Å². The quantitative estimate of drug-likeness (QED) is 0.848. The highest BCUT2D eigenvalue weighted by Crippen LogP contribution is 2.29. The third kappa shape index (κ3) is 3.87. The number of aryl methyl sites for hydroxylation is 3. The van der Waals surface area contributed by atoms with Gasteiger partial charge in [0.25, 0.3) is 0 Å². The van der Waals surface area contributed by atoms with Crippen LogP contribution in [0, 0.1) is 20.8 Å². The molecule has 1 aliphatic rings. The average molecular weight is 357 g/mol. The van der Waals surface area contributed by atoms with Gasteiger partial charge in [-0.1, -0.05) is 6.58 Å². The summed E-state index contributed by atoms with van der Waals surface area (Å²) in [6.07, 6.45) is 0.907. The molecule has 7 heteroatoms. The smallest absolute Gasteiger partial charge is 0.248 e. The summed E-state index contributed by atoms with van der Waals surface area (Å²) in [5.41, 5.74) is 2.58. The first-order valence-electron chi connectivity index (χ1n) is 8.35. The SMILES string of the molecule is C=C(C)C(=O)N1CCC(c2cc(Nc3nc(C)c(C)s3)nc(C)n2)C1. The van der Waals surface area contributed by atoms with Crippen molar-refractivity contribution in [1.29, 1.82) is 0 Å². The predicted octanol–water partition coefficient (Wildman–Crippen LogP) is 3.49. The summed E-state index contributed by atoms with van der Waals surface area (Å²) in [5, 5.41) is 4.12. The topological polar surface area (TPSA) is 71.0 Å². The van der Waals surface area contributed by atoms with E-state index < -0.39 is 0 Å². The summed E-state index contributed by atoms with van der Waals surface area (Å²) < 4.78 is 0. The van der Waals surface area contributed by atoms with E-state index in [1.165, 1.54) is 4.88 Å². The molecule has 132 valence electrons. The van der Waals surface area contributed by atoms with E-state index in [9.17, 15) is 4.79 Å². The number of thiazole rings is 1. The van der Waals surface area contributed by atoms with E-state index in [1.807, 2.05) is 24.8 Å². The standard InChI is InChI=1S/C18H23N5OS/c1-10(2)17(24)23-7-6-14(9-23)15-8-16(21-13(5)20-15)22-18-19-11(3)12(4)25-18/h8,14H,1,6-7,9H2,2-5H3,(H,19,20,21,22). The number of hydrogen-bond donors (Lipinski definition) is 1. The molecule has 1 unspecified atom stereocenters. The highest BCUT2D eigenvalue weighted by atomic mass is 32.1. The fourth-order valence-corrected chi connectivity index (χ4v) is 3.78. The Labute approximate surface area is 152 Å². The van der Waals surface area contributed by atoms with Crippen molar-refractivity contribution >= 4 is 28.2 Å². The summed E-state index contributed by atoms with van der Waals surface area (Å²) in [5.74, 6) is 1.72. The van der Waals surface area contributed by atoms with Gasteiger partial charge < -0.3 is 10.2 Å². The lowest BCUT2D eigenvalue weighted by molar-refractivity contribution is -0.126. The number of amides is 1. The zero-order valence-corrected chi connectivity index (χ0v) is 15.9. The molecule has 3 heterocycles. The van der Waals surface area contributed by atoms with Crippen molar-refractivity contribution in [3.05, 3.63) is 40.3 Å². The molecule has 0 aromatic carbocycles. The lowest BCUT2D eigenvalue weighted by atomic mass is 10.0. The summed E-state index contributed by atoms with van der Waals surface area (Å²) in [7, 11) is 0. The first-order chi connectivity index (χ1) is 11.8. The minimum Gasteiger partial charge on any atom is -0.338 e. The fourth-order valence-electron chi connectivity index (χ4n) is 2.96. The summed E-state index contributed by atoms with van der Waals surface area (Å²) >= 11 is 1.62. The molecule has 3 rings (SSSR count). The Balaban J connectivity index is 1.78. The first kappa shape index (κ1) is 17.5. The Morgan fingerprint density at radius 2 is 2.08 bits per heavy atom. The Morgan fingerprint density at radius 1 is 1.32 bits per heavy atom. The molecule has 25 heavy (non-hydrogen) atoms.